The Balaban J connectivity index is 1.18. The third-order valence-electron chi connectivity index (χ3n) is 17.8. The first-order chi connectivity index (χ1) is 28.4. The summed E-state index contributed by atoms with van der Waals surface area (Å²) in [6.07, 6.45) is -9.88. The van der Waals surface area contributed by atoms with E-state index in [2.05, 4.69) is 46.3 Å². The molecule has 0 aromatic heterocycles. The molecule has 19 atom stereocenters. The van der Waals surface area contributed by atoms with Crippen molar-refractivity contribution >= 4 is 23.7 Å². The number of fused-ring (bicyclic) bond motifs is 7. The molecular weight excluding hydrogens is 796 g/mol. The van der Waals surface area contributed by atoms with Gasteiger partial charge in [-0.05, 0) is 110 Å². The second-order valence-corrected chi connectivity index (χ2v) is 21.2. The summed E-state index contributed by atoms with van der Waals surface area (Å²) >= 11 is 0. The van der Waals surface area contributed by atoms with E-state index < -0.39 is 95.7 Å². The number of rotatable bonds is 7. The van der Waals surface area contributed by atoms with Gasteiger partial charge in [0.25, 0.3) is 0 Å². The van der Waals surface area contributed by atoms with E-state index in [-0.39, 0.29) is 45.8 Å². The maximum Gasteiger partial charge on any atom is 0.337 e. The highest BCUT2D eigenvalue weighted by atomic mass is 16.8. The largest absolute Gasteiger partial charge is 0.469 e. The van der Waals surface area contributed by atoms with E-state index >= 15 is 0 Å². The number of allylic oxidation sites excluding steroid dienone is 2. The van der Waals surface area contributed by atoms with Gasteiger partial charge >= 0.3 is 17.9 Å². The predicted molar refractivity (Wildman–Crippen MR) is 213 cm³/mol. The summed E-state index contributed by atoms with van der Waals surface area (Å²) in [6.45, 7) is 15.4. The van der Waals surface area contributed by atoms with E-state index in [1.165, 1.54) is 12.7 Å². The molecule has 4 unspecified atom stereocenters. The molecule has 7 rings (SSSR count). The quantitative estimate of drug-likeness (QED) is 0.141. The highest BCUT2D eigenvalue weighted by Crippen LogP contribution is 2.75. The molecule has 61 heavy (non-hydrogen) atoms. The van der Waals surface area contributed by atoms with Crippen molar-refractivity contribution in [2.24, 2.45) is 50.2 Å². The molecule has 0 aromatic rings. The summed E-state index contributed by atoms with van der Waals surface area (Å²) in [7, 11) is 3.59. The molecule has 4 saturated carbocycles. The van der Waals surface area contributed by atoms with E-state index in [0.29, 0.717) is 19.3 Å². The topological polar surface area (TPSA) is 234 Å². The maximum absolute atomic E-state index is 15.0. The van der Waals surface area contributed by atoms with E-state index in [1.54, 1.807) is 0 Å². The van der Waals surface area contributed by atoms with Gasteiger partial charge in [-0.3, -0.25) is 9.59 Å². The van der Waals surface area contributed by atoms with Gasteiger partial charge in [-0.25, -0.2) is 9.59 Å². The Labute approximate surface area is 357 Å². The van der Waals surface area contributed by atoms with Crippen LogP contribution in [0.15, 0.2) is 11.6 Å². The first-order valence-electron chi connectivity index (χ1n) is 21.9. The molecule has 16 nitrogen and oxygen atoms in total. The molecule has 0 bridgehead atoms. The number of carbonyl (C=O) groups excluding carboxylic acids is 4. The zero-order valence-corrected chi connectivity index (χ0v) is 37.3. The van der Waals surface area contributed by atoms with Crippen molar-refractivity contribution in [2.45, 2.75) is 174 Å². The van der Waals surface area contributed by atoms with Crippen LogP contribution in [-0.4, -0.2) is 138 Å². The molecule has 7 aliphatic rings. The van der Waals surface area contributed by atoms with Crippen LogP contribution in [0.1, 0.15) is 106 Å². The van der Waals surface area contributed by atoms with Gasteiger partial charge in [0, 0.05) is 5.92 Å². The normalized spacial score (nSPS) is 50.4. The average Bonchev–Trinajstić information content (AvgIpc) is 3.21. The van der Waals surface area contributed by atoms with Gasteiger partial charge in [-0.2, -0.15) is 0 Å². The standard InChI is InChI=1S/C45H68O16/c1-40(2)24-11-14-45(7)34(23(46)19-21-22-20-42(4,39(54)57-10)16-15-41(22,3)17-18-44(21,45)6)43(24,5)13-12-25(40)58-38-33(29(50)28(49)32(60-38)36(53)56-9)61-37-30(51)26(47)27(48)31(59-37)35(52)55-8/h19,22,24-34,37-38,47-51H,11-18,20H2,1-10H3/t22?,24?,25?,26-,27-,28-,29-,30+,31-,32-,33+,34?,37-,38+,41+,42-,43-,44+,45+/m0/s1. The maximum atomic E-state index is 15.0. The van der Waals surface area contributed by atoms with Crippen LogP contribution in [0.4, 0.5) is 0 Å². The third kappa shape index (κ3) is 6.95. The Morgan fingerprint density at radius 1 is 0.672 bits per heavy atom. The van der Waals surface area contributed by atoms with Crippen LogP contribution in [0.2, 0.25) is 0 Å². The summed E-state index contributed by atoms with van der Waals surface area (Å²) in [5.74, 6) is -2.39. The van der Waals surface area contributed by atoms with Gasteiger partial charge < -0.3 is 58.7 Å². The van der Waals surface area contributed by atoms with Gasteiger partial charge in [0.1, 0.15) is 36.6 Å². The molecule has 2 saturated heterocycles. The van der Waals surface area contributed by atoms with Crippen LogP contribution in [0, 0.1) is 50.2 Å². The number of methoxy groups -OCH3 is 3. The molecule has 0 spiro atoms. The number of esters is 3. The van der Waals surface area contributed by atoms with Crippen LogP contribution in [0.3, 0.4) is 0 Å². The van der Waals surface area contributed by atoms with Crippen molar-refractivity contribution in [3.8, 4) is 0 Å². The molecule has 5 N–H and O–H groups in total. The monoisotopic (exact) mass is 864 g/mol. The fraction of sp³-hybridized carbons (Fsp3) is 0.867. The van der Waals surface area contributed by atoms with Gasteiger partial charge in [0.05, 0.1) is 32.8 Å². The minimum absolute atomic E-state index is 0.0224. The minimum atomic E-state index is -1.93. The van der Waals surface area contributed by atoms with Crippen molar-refractivity contribution in [3.05, 3.63) is 11.6 Å². The van der Waals surface area contributed by atoms with E-state index in [9.17, 15) is 44.7 Å². The van der Waals surface area contributed by atoms with Crippen molar-refractivity contribution in [1.29, 1.82) is 0 Å². The Kier molecular flexibility index (Phi) is 12.1. The van der Waals surface area contributed by atoms with Crippen molar-refractivity contribution in [1.82, 2.24) is 0 Å². The lowest BCUT2D eigenvalue weighted by Gasteiger charge is -2.70. The molecule has 0 aromatic carbocycles. The number of aliphatic hydroxyl groups is 5. The molecule has 6 fully saturated rings. The summed E-state index contributed by atoms with van der Waals surface area (Å²) in [5.41, 5.74) is -1.21. The van der Waals surface area contributed by atoms with Crippen molar-refractivity contribution in [3.63, 3.8) is 0 Å². The summed E-state index contributed by atoms with van der Waals surface area (Å²) in [6, 6.07) is 0. The van der Waals surface area contributed by atoms with Gasteiger partial charge in [0.15, 0.2) is 30.6 Å². The summed E-state index contributed by atoms with van der Waals surface area (Å²) in [4.78, 5) is 53.4. The van der Waals surface area contributed by atoms with E-state index in [1.807, 2.05) is 13.0 Å². The number of ketones is 1. The average molecular weight is 865 g/mol. The highest BCUT2D eigenvalue weighted by molar-refractivity contribution is 5.95. The summed E-state index contributed by atoms with van der Waals surface area (Å²) in [5, 5.41) is 54.5. The molecule has 0 radical (unpaired) electrons. The number of ether oxygens (including phenoxy) is 7. The third-order valence-corrected chi connectivity index (χ3v) is 17.8. The molecule has 0 amide bonds. The predicted octanol–water partition coefficient (Wildman–Crippen LogP) is 2.51. The van der Waals surface area contributed by atoms with Gasteiger partial charge in [0.2, 0.25) is 0 Å². The van der Waals surface area contributed by atoms with Gasteiger partial charge in [-0.15, -0.1) is 0 Å². The fourth-order valence-corrected chi connectivity index (χ4v) is 13.8. The Hall–Kier alpha value is -2.54. The molecule has 2 aliphatic heterocycles. The zero-order valence-electron chi connectivity index (χ0n) is 37.3. The molecule has 5 aliphatic carbocycles. The second-order valence-electron chi connectivity index (χ2n) is 21.2. The second kappa shape index (κ2) is 15.9. The van der Waals surface area contributed by atoms with Crippen LogP contribution < -0.4 is 0 Å². The van der Waals surface area contributed by atoms with Crippen LogP contribution in [0.25, 0.3) is 0 Å². The number of aliphatic hydroxyl groups excluding tert-OH is 5. The van der Waals surface area contributed by atoms with Crippen LogP contribution >= 0.6 is 0 Å². The molecule has 2 heterocycles. The van der Waals surface area contributed by atoms with E-state index in [4.69, 9.17) is 28.4 Å². The Morgan fingerprint density at radius 2 is 1.26 bits per heavy atom. The van der Waals surface area contributed by atoms with Gasteiger partial charge in [-0.1, -0.05) is 47.1 Å². The lowest BCUT2D eigenvalue weighted by Crippen LogP contribution is -2.68. The number of hydrogen-bond donors (Lipinski definition) is 5. The van der Waals surface area contributed by atoms with Crippen LogP contribution in [0.5, 0.6) is 0 Å². The SMILES string of the molecule is COC(=O)[C@H]1O[C@@H](O[C@H]2[C@H](OC3CC[C@@]4(C)C(CC[C@]5(C)C4C(=O)C=C4C6C[C@@](C)(C(=O)OC)CC[C@]6(C)CC[C@]45C)C3(C)C)O[C@H](C(=O)OC)[C@@H](O)[C@@H]2O)[C@H](O)[C@@H](O)[C@@H]1O. The van der Waals surface area contributed by atoms with Crippen LogP contribution in [-0.2, 0) is 52.3 Å². The first kappa shape index (κ1) is 46.5. The zero-order chi connectivity index (χ0) is 45.0. The molecule has 16 heteroatoms. The number of hydrogen-bond acceptors (Lipinski definition) is 16. The van der Waals surface area contributed by atoms with E-state index in [0.717, 1.165) is 52.7 Å². The molecular formula is C45H68O16. The first-order valence-corrected chi connectivity index (χ1v) is 21.9. The van der Waals surface area contributed by atoms with Crippen molar-refractivity contribution in [2.75, 3.05) is 21.3 Å². The number of carbonyl (C=O) groups is 4. The Morgan fingerprint density at radius 3 is 1.87 bits per heavy atom. The lowest BCUT2D eigenvalue weighted by molar-refractivity contribution is -0.371. The Bertz CT molecular complexity index is 1780. The molecule has 344 valence electrons. The van der Waals surface area contributed by atoms with Crippen molar-refractivity contribution < 1.29 is 77.9 Å². The lowest BCUT2D eigenvalue weighted by atomic mass is 9.33. The fourth-order valence-electron chi connectivity index (χ4n) is 13.8. The summed E-state index contributed by atoms with van der Waals surface area (Å²) < 4.78 is 39.1. The highest BCUT2D eigenvalue weighted by Gasteiger charge is 2.71. The smallest absolute Gasteiger partial charge is 0.337 e. The minimum Gasteiger partial charge on any atom is -0.469 e.